The van der Waals surface area contributed by atoms with Crippen molar-refractivity contribution < 1.29 is 4.74 Å². The Hall–Kier alpha value is -1.94. The standard InChI is InChI=1S/C17H23N3O/c1-6-21-17(3,4)16-19-14(12(2)15(18-5)20-16)13-10-8-7-9-11-13/h7-11H,6H2,1-5H3,(H,18,19,20). The van der Waals surface area contributed by atoms with Crippen LogP contribution in [0, 0.1) is 6.92 Å². The van der Waals surface area contributed by atoms with Gasteiger partial charge in [-0.05, 0) is 27.7 Å². The zero-order valence-electron chi connectivity index (χ0n) is 13.4. The highest BCUT2D eigenvalue weighted by atomic mass is 16.5. The number of rotatable bonds is 5. The summed E-state index contributed by atoms with van der Waals surface area (Å²) in [6.07, 6.45) is 0. The molecular weight excluding hydrogens is 262 g/mol. The molecule has 0 atom stereocenters. The molecule has 0 fully saturated rings. The van der Waals surface area contributed by atoms with E-state index in [2.05, 4.69) is 22.4 Å². The predicted octanol–water partition coefficient (Wildman–Crippen LogP) is 3.77. The van der Waals surface area contributed by atoms with Gasteiger partial charge in [-0.25, -0.2) is 9.97 Å². The van der Waals surface area contributed by atoms with Crippen LogP contribution in [-0.2, 0) is 10.3 Å². The molecule has 0 amide bonds. The Kier molecular flexibility index (Phi) is 4.58. The molecule has 4 heteroatoms. The third kappa shape index (κ3) is 3.22. The lowest BCUT2D eigenvalue weighted by molar-refractivity contribution is -0.0206. The molecule has 2 rings (SSSR count). The van der Waals surface area contributed by atoms with E-state index < -0.39 is 5.60 Å². The van der Waals surface area contributed by atoms with Crippen molar-refractivity contribution in [2.75, 3.05) is 19.0 Å². The first-order valence-electron chi connectivity index (χ1n) is 7.26. The van der Waals surface area contributed by atoms with Crippen LogP contribution >= 0.6 is 0 Å². The Morgan fingerprint density at radius 3 is 2.38 bits per heavy atom. The van der Waals surface area contributed by atoms with E-state index in [1.807, 2.05) is 52.9 Å². The van der Waals surface area contributed by atoms with E-state index in [0.717, 1.165) is 22.6 Å². The Balaban J connectivity index is 2.60. The summed E-state index contributed by atoms with van der Waals surface area (Å²) in [7, 11) is 1.88. The van der Waals surface area contributed by atoms with Gasteiger partial charge < -0.3 is 10.1 Å². The third-order valence-corrected chi connectivity index (χ3v) is 3.47. The maximum Gasteiger partial charge on any atom is 0.162 e. The SMILES string of the molecule is CCOC(C)(C)c1nc(NC)c(C)c(-c2ccccc2)n1. The number of hydrogen-bond donors (Lipinski definition) is 1. The molecule has 1 heterocycles. The Morgan fingerprint density at radius 2 is 1.81 bits per heavy atom. The van der Waals surface area contributed by atoms with Crippen LogP contribution in [-0.4, -0.2) is 23.6 Å². The van der Waals surface area contributed by atoms with Crippen molar-refractivity contribution in [3.8, 4) is 11.3 Å². The van der Waals surface area contributed by atoms with E-state index in [1.165, 1.54) is 0 Å². The Bertz CT molecular complexity index is 609. The Morgan fingerprint density at radius 1 is 1.14 bits per heavy atom. The minimum absolute atomic E-state index is 0.516. The van der Waals surface area contributed by atoms with Crippen LogP contribution in [0.1, 0.15) is 32.2 Å². The molecule has 0 radical (unpaired) electrons. The molecule has 1 aromatic carbocycles. The normalized spacial score (nSPS) is 11.5. The average Bonchev–Trinajstić information content (AvgIpc) is 2.48. The van der Waals surface area contributed by atoms with Crippen LogP contribution in [0.15, 0.2) is 30.3 Å². The number of nitrogens with one attached hydrogen (secondary N) is 1. The van der Waals surface area contributed by atoms with Gasteiger partial charge in [0.2, 0.25) is 0 Å². The molecule has 0 aliphatic carbocycles. The van der Waals surface area contributed by atoms with Gasteiger partial charge in [-0.15, -0.1) is 0 Å². The fourth-order valence-corrected chi connectivity index (χ4v) is 2.33. The highest BCUT2D eigenvalue weighted by Crippen LogP contribution is 2.30. The third-order valence-electron chi connectivity index (χ3n) is 3.47. The molecule has 0 aliphatic heterocycles. The van der Waals surface area contributed by atoms with Gasteiger partial charge in [0, 0.05) is 24.8 Å². The van der Waals surface area contributed by atoms with Crippen molar-refractivity contribution in [2.24, 2.45) is 0 Å². The average molecular weight is 285 g/mol. The lowest BCUT2D eigenvalue weighted by Crippen LogP contribution is -2.25. The second-order valence-corrected chi connectivity index (χ2v) is 5.43. The molecule has 4 nitrogen and oxygen atoms in total. The minimum atomic E-state index is -0.516. The maximum atomic E-state index is 5.79. The van der Waals surface area contributed by atoms with Crippen LogP contribution in [0.5, 0.6) is 0 Å². The van der Waals surface area contributed by atoms with Crippen LogP contribution < -0.4 is 5.32 Å². The van der Waals surface area contributed by atoms with E-state index in [9.17, 15) is 0 Å². The van der Waals surface area contributed by atoms with Gasteiger partial charge in [0.25, 0.3) is 0 Å². The first-order chi connectivity index (χ1) is 9.99. The highest BCUT2D eigenvalue weighted by molar-refractivity contribution is 5.68. The fourth-order valence-electron chi connectivity index (χ4n) is 2.33. The lowest BCUT2D eigenvalue weighted by Gasteiger charge is -2.25. The first kappa shape index (κ1) is 15.4. The molecule has 2 aromatic rings. The van der Waals surface area contributed by atoms with E-state index in [4.69, 9.17) is 9.72 Å². The molecule has 0 aliphatic rings. The van der Waals surface area contributed by atoms with Gasteiger partial charge in [0.15, 0.2) is 5.82 Å². The molecule has 0 saturated carbocycles. The molecule has 0 unspecified atom stereocenters. The van der Waals surface area contributed by atoms with Gasteiger partial charge >= 0.3 is 0 Å². The number of anilines is 1. The van der Waals surface area contributed by atoms with Gasteiger partial charge in [-0.3, -0.25) is 0 Å². The fraction of sp³-hybridized carbons (Fsp3) is 0.412. The summed E-state index contributed by atoms with van der Waals surface area (Å²) in [6, 6.07) is 10.2. The molecule has 21 heavy (non-hydrogen) atoms. The molecule has 1 N–H and O–H groups in total. The van der Waals surface area contributed by atoms with E-state index in [0.29, 0.717) is 12.4 Å². The summed E-state index contributed by atoms with van der Waals surface area (Å²) < 4.78 is 5.79. The largest absolute Gasteiger partial charge is 0.373 e. The van der Waals surface area contributed by atoms with Gasteiger partial charge in [0.1, 0.15) is 11.4 Å². The summed E-state index contributed by atoms with van der Waals surface area (Å²) in [4.78, 5) is 9.39. The zero-order valence-corrected chi connectivity index (χ0v) is 13.4. The minimum Gasteiger partial charge on any atom is -0.373 e. The quantitative estimate of drug-likeness (QED) is 0.908. The highest BCUT2D eigenvalue weighted by Gasteiger charge is 2.26. The van der Waals surface area contributed by atoms with Crippen molar-refractivity contribution in [2.45, 2.75) is 33.3 Å². The lowest BCUT2D eigenvalue weighted by atomic mass is 10.0. The van der Waals surface area contributed by atoms with Crippen molar-refractivity contribution in [3.63, 3.8) is 0 Å². The van der Waals surface area contributed by atoms with E-state index >= 15 is 0 Å². The van der Waals surface area contributed by atoms with E-state index in [1.54, 1.807) is 0 Å². The summed E-state index contributed by atoms with van der Waals surface area (Å²) >= 11 is 0. The smallest absolute Gasteiger partial charge is 0.162 e. The summed E-state index contributed by atoms with van der Waals surface area (Å²) in [5.41, 5.74) is 2.55. The first-order valence-corrected chi connectivity index (χ1v) is 7.26. The molecule has 0 bridgehead atoms. The van der Waals surface area contributed by atoms with Gasteiger partial charge in [0.05, 0.1) is 5.69 Å². The van der Waals surface area contributed by atoms with Crippen molar-refractivity contribution in [1.29, 1.82) is 0 Å². The number of hydrogen-bond acceptors (Lipinski definition) is 4. The van der Waals surface area contributed by atoms with Gasteiger partial charge in [-0.1, -0.05) is 30.3 Å². The molecule has 112 valence electrons. The molecule has 0 spiro atoms. The van der Waals surface area contributed by atoms with Crippen LogP contribution in [0.4, 0.5) is 5.82 Å². The predicted molar refractivity (Wildman–Crippen MR) is 86.4 cm³/mol. The summed E-state index contributed by atoms with van der Waals surface area (Å²) in [6.45, 7) is 8.63. The monoisotopic (exact) mass is 285 g/mol. The Labute approximate surface area is 126 Å². The van der Waals surface area contributed by atoms with Crippen molar-refractivity contribution in [3.05, 3.63) is 41.7 Å². The second kappa shape index (κ2) is 6.22. The number of ether oxygens (including phenoxy) is 1. The summed E-state index contributed by atoms with van der Waals surface area (Å²) in [5, 5.41) is 3.15. The molecule has 0 saturated heterocycles. The molecule has 1 aromatic heterocycles. The summed E-state index contributed by atoms with van der Waals surface area (Å²) in [5.74, 6) is 1.53. The van der Waals surface area contributed by atoms with Crippen LogP contribution in [0.3, 0.4) is 0 Å². The zero-order chi connectivity index (χ0) is 15.5. The van der Waals surface area contributed by atoms with Gasteiger partial charge in [-0.2, -0.15) is 0 Å². The van der Waals surface area contributed by atoms with E-state index in [-0.39, 0.29) is 0 Å². The van der Waals surface area contributed by atoms with Crippen molar-refractivity contribution in [1.82, 2.24) is 9.97 Å². The number of nitrogens with zero attached hydrogens (tertiary/aromatic N) is 2. The van der Waals surface area contributed by atoms with Crippen molar-refractivity contribution >= 4 is 5.82 Å². The maximum absolute atomic E-state index is 5.79. The van der Waals surface area contributed by atoms with Crippen LogP contribution in [0.25, 0.3) is 11.3 Å². The number of benzene rings is 1. The molecular formula is C17H23N3O. The number of aromatic nitrogens is 2. The topological polar surface area (TPSA) is 47.0 Å². The second-order valence-electron chi connectivity index (χ2n) is 5.43. The van der Waals surface area contributed by atoms with Crippen LogP contribution in [0.2, 0.25) is 0 Å².